The van der Waals surface area contributed by atoms with Crippen LogP contribution in [-0.4, -0.2) is 26.8 Å². The van der Waals surface area contributed by atoms with Crippen molar-refractivity contribution >= 4 is 33.1 Å². The maximum Gasteiger partial charge on any atom is 0.416 e. The summed E-state index contributed by atoms with van der Waals surface area (Å²) in [5, 5.41) is 6.08. The number of carbonyl (C=O) groups is 2. The summed E-state index contributed by atoms with van der Waals surface area (Å²) in [5.41, 5.74) is -1.40. The van der Waals surface area contributed by atoms with Crippen LogP contribution in [0.4, 0.5) is 13.2 Å². The minimum absolute atomic E-state index is 0.133. The van der Waals surface area contributed by atoms with Gasteiger partial charge in [0.25, 0.3) is 0 Å². The lowest BCUT2D eigenvalue weighted by molar-refractivity contribution is -0.137. The normalized spacial score (nSPS) is 12.0. The van der Waals surface area contributed by atoms with Gasteiger partial charge in [-0.1, -0.05) is 12.1 Å². The first kappa shape index (κ1) is 19.1. The summed E-state index contributed by atoms with van der Waals surface area (Å²) in [6.45, 7) is -0.791. The van der Waals surface area contributed by atoms with E-state index in [9.17, 15) is 31.2 Å². The van der Waals surface area contributed by atoms with Gasteiger partial charge in [0.1, 0.15) is 4.21 Å². The lowest BCUT2D eigenvalue weighted by Crippen LogP contribution is -2.15. The van der Waals surface area contributed by atoms with Gasteiger partial charge >= 0.3 is 12.1 Å². The SMILES string of the molecule is NS(=O)(=O)c1cc(C(=O)OCC(=O)c2cccc(C(F)(F)F)c2)cs1. The molecule has 0 saturated carbocycles. The van der Waals surface area contributed by atoms with Crippen LogP contribution in [0, 0.1) is 0 Å². The maximum absolute atomic E-state index is 12.6. The predicted octanol–water partition coefficient (Wildman–Crippen LogP) is 2.45. The van der Waals surface area contributed by atoms with Crippen LogP contribution in [0.1, 0.15) is 26.3 Å². The van der Waals surface area contributed by atoms with E-state index >= 15 is 0 Å². The number of hydrogen-bond donors (Lipinski definition) is 1. The zero-order valence-electron chi connectivity index (χ0n) is 12.2. The molecular formula is C14H10F3NO5S2. The first-order chi connectivity index (χ1) is 11.5. The Kier molecular flexibility index (Phi) is 5.30. The number of primary sulfonamides is 1. The lowest BCUT2D eigenvalue weighted by atomic mass is 10.1. The van der Waals surface area contributed by atoms with Gasteiger partial charge in [0.2, 0.25) is 10.0 Å². The van der Waals surface area contributed by atoms with Crippen LogP contribution in [0.5, 0.6) is 0 Å². The van der Waals surface area contributed by atoms with E-state index in [2.05, 4.69) is 0 Å². The van der Waals surface area contributed by atoms with Gasteiger partial charge in [0.05, 0.1) is 11.1 Å². The molecule has 25 heavy (non-hydrogen) atoms. The Morgan fingerprint density at radius 3 is 2.40 bits per heavy atom. The molecule has 1 aromatic carbocycles. The molecule has 0 aliphatic rings. The van der Waals surface area contributed by atoms with Crippen molar-refractivity contribution in [1.82, 2.24) is 0 Å². The Morgan fingerprint density at radius 2 is 1.84 bits per heavy atom. The fraction of sp³-hybridized carbons (Fsp3) is 0.143. The number of esters is 1. The molecule has 0 bridgehead atoms. The highest BCUT2D eigenvalue weighted by molar-refractivity contribution is 7.91. The van der Waals surface area contributed by atoms with E-state index in [1.807, 2.05) is 0 Å². The third kappa shape index (κ3) is 4.87. The highest BCUT2D eigenvalue weighted by atomic mass is 32.2. The summed E-state index contributed by atoms with van der Waals surface area (Å²) in [5.74, 6) is -1.83. The van der Waals surface area contributed by atoms with Crippen molar-refractivity contribution < 1.29 is 35.9 Å². The molecule has 134 valence electrons. The van der Waals surface area contributed by atoms with Crippen molar-refractivity contribution in [3.8, 4) is 0 Å². The molecule has 0 unspecified atom stereocenters. The Hall–Kier alpha value is -2.24. The smallest absolute Gasteiger partial charge is 0.416 e. The predicted molar refractivity (Wildman–Crippen MR) is 81.7 cm³/mol. The van der Waals surface area contributed by atoms with Gasteiger partial charge in [-0.05, 0) is 18.2 Å². The van der Waals surface area contributed by atoms with Crippen LogP contribution in [-0.2, 0) is 20.9 Å². The Balaban J connectivity index is 2.05. The third-order valence-corrected chi connectivity index (χ3v) is 5.32. The van der Waals surface area contributed by atoms with Crippen molar-refractivity contribution in [3.05, 3.63) is 52.4 Å². The zero-order valence-corrected chi connectivity index (χ0v) is 13.9. The number of rotatable bonds is 5. The van der Waals surface area contributed by atoms with Gasteiger partial charge in [-0.25, -0.2) is 18.4 Å². The van der Waals surface area contributed by atoms with Gasteiger partial charge in [-0.3, -0.25) is 4.79 Å². The maximum atomic E-state index is 12.6. The van der Waals surface area contributed by atoms with E-state index in [0.717, 1.165) is 24.3 Å². The quantitative estimate of drug-likeness (QED) is 0.621. The number of nitrogens with two attached hydrogens (primary N) is 1. The summed E-state index contributed by atoms with van der Waals surface area (Å²) in [7, 11) is -3.97. The van der Waals surface area contributed by atoms with E-state index in [1.54, 1.807) is 0 Å². The van der Waals surface area contributed by atoms with Crippen molar-refractivity contribution in [3.63, 3.8) is 0 Å². The molecule has 2 N–H and O–H groups in total. The summed E-state index contributed by atoms with van der Waals surface area (Å²) in [6, 6.07) is 4.67. The van der Waals surface area contributed by atoms with Crippen LogP contribution in [0.2, 0.25) is 0 Å². The van der Waals surface area contributed by atoms with Crippen molar-refractivity contribution in [2.45, 2.75) is 10.4 Å². The summed E-state index contributed by atoms with van der Waals surface area (Å²) >= 11 is 0.696. The minimum Gasteiger partial charge on any atom is -0.454 e. The zero-order chi connectivity index (χ0) is 18.8. The fourth-order valence-electron chi connectivity index (χ4n) is 1.74. The number of hydrogen-bond acceptors (Lipinski definition) is 6. The van der Waals surface area contributed by atoms with Crippen molar-refractivity contribution in [2.75, 3.05) is 6.61 Å². The topological polar surface area (TPSA) is 104 Å². The molecular weight excluding hydrogens is 383 g/mol. The highest BCUT2D eigenvalue weighted by Gasteiger charge is 2.31. The number of ketones is 1. The number of Topliss-reactive ketones (excluding diaryl/α,β-unsaturated/α-hetero) is 1. The summed E-state index contributed by atoms with van der Waals surface area (Å²) in [4.78, 5) is 23.6. The second-order valence-electron chi connectivity index (χ2n) is 4.78. The number of carbonyl (C=O) groups excluding carboxylic acids is 2. The molecule has 1 heterocycles. The van der Waals surface area contributed by atoms with Crippen molar-refractivity contribution in [2.24, 2.45) is 5.14 Å². The molecule has 0 spiro atoms. The average molecular weight is 393 g/mol. The molecule has 0 aliphatic heterocycles. The number of thiophene rings is 1. The minimum atomic E-state index is -4.60. The third-order valence-electron chi connectivity index (χ3n) is 2.94. The molecule has 1 aromatic heterocycles. The van der Waals surface area contributed by atoms with Gasteiger partial charge in [-0.2, -0.15) is 13.2 Å². The molecule has 11 heteroatoms. The number of alkyl halides is 3. The monoisotopic (exact) mass is 393 g/mol. The van der Waals surface area contributed by atoms with Crippen LogP contribution in [0.3, 0.4) is 0 Å². The molecule has 2 aromatic rings. The van der Waals surface area contributed by atoms with Gasteiger partial charge in [0, 0.05) is 10.9 Å². The standard InChI is InChI=1S/C14H10F3NO5S2/c15-14(16,17)10-3-1-2-8(4-10)11(19)6-23-13(20)9-5-12(24-7-9)25(18,21)22/h1-5,7H,6H2,(H2,18,21,22). The lowest BCUT2D eigenvalue weighted by Gasteiger charge is -2.08. The molecule has 0 fully saturated rings. The van der Waals surface area contributed by atoms with Crippen LogP contribution in [0.25, 0.3) is 0 Å². The number of halogens is 3. The van der Waals surface area contributed by atoms with Crippen LogP contribution < -0.4 is 5.14 Å². The average Bonchev–Trinajstić information content (AvgIpc) is 3.02. The van der Waals surface area contributed by atoms with Gasteiger partial charge < -0.3 is 4.74 Å². The largest absolute Gasteiger partial charge is 0.454 e. The molecule has 0 saturated heterocycles. The van der Waals surface area contributed by atoms with E-state index in [1.165, 1.54) is 5.38 Å². The Bertz CT molecular complexity index is 919. The highest BCUT2D eigenvalue weighted by Crippen LogP contribution is 2.29. The van der Waals surface area contributed by atoms with Crippen LogP contribution in [0.15, 0.2) is 39.9 Å². The fourth-order valence-corrected chi connectivity index (χ4v) is 3.31. The van der Waals surface area contributed by atoms with Gasteiger partial charge in [-0.15, -0.1) is 11.3 Å². The van der Waals surface area contributed by atoms with E-state index in [-0.39, 0.29) is 15.3 Å². The summed E-state index contributed by atoms with van der Waals surface area (Å²) in [6.07, 6.45) is -4.60. The second kappa shape index (κ2) is 6.94. The molecule has 2 rings (SSSR count). The molecule has 0 aliphatic carbocycles. The Labute approximate surface area is 144 Å². The molecule has 6 nitrogen and oxygen atoms in total. The second-order valence-corrected chi connectivity index (χ2v) is 7.48. The first-order valence-corrected chi connectivity index (χ1v) is 8.90. The molecule has 0 amide bonds. The van der Waals surface area contributed by atoms with Gasteiger partial charge in [0.15, 0.2) is 12.4 Å². The molecule has 0 atom stereocenters. The van der Waals surface area contributed by atoms with E-state index in [4.69, 9.17) is 9.88 Å². The number of sulfonamides is 1. The number of ether oxygens (including phenoxy) is 1. The summed E-state index contributed by atoms with van der Waals surface area (Å²) < 4.78 is 64.5. The number of benzene rings is 1. The van der Waals surface area contributed by atoms with E-state index in [0.29, 0.717) is 17.4 Å². The van der Waals surface area contributed by atoms with E-state index < -0.39 is 40.1 Å². The van der Waals surface area contributed by atoms with Crippen molar-refractivity contribution in [1.29, 1.82) is 0 Å². The Morgan fingerprint density at radius 1 is 1.16 bits per heavy atom. The first-order valence-electron chi connectivity index (χ1n) is 6.47. The molecule has 0 radical (unpaired) electrons. The van der Waals surface area contributed by atoms with Crippen LogP contribution >= 0.6 is 11.3 Å².